The number of amides is 1. The molecule has 0 atom stereocenters. The highest BCUT2D eigenvalue weighted by Crippen LogP contribution is 2.31. The number of likely N-dealkylation sites (tertiary alicyclic amines) is 1. The van der Waals surface area contributed by atoms with Crippen molar-refractivity contribution in [1.29, 1.82) is 0 Å². The molecule has 6 rings (SSSR count). The molecule has 202 valence electrons. The normalized spacial score (nSPS) is 17.2. The van der Waals surface area contributed by atoms with Gasteiger partial charge in [0, 0.05) is 37.3 Å². The number of H-pyrrole nitrogens is 1. The molecule has 0 aliphatic carbocycles. The Labute approximate surface area is 225 Å². The second-order valence-corrected chi connectivity index (χ2v) is 10.8. The van der Waals surface area contributed by atoms with Gasteiger partial charge in [0.2, 0.25) is 0 Å². The maximum absolute atomic E-state index is 13.7. The van der Waals surface area contributed by atoms with E-state index in [1.54, 1.807) is 18.3 Å². The lowest BCUT2D eigenvalue weighted by molar-refractivity contribution is 0.0675. The summed E-state index contributed by atoms with van der Waals surface area (Å²) in [7, 11) is 0. The number of carbonyl (C=O) groups excluding carboxylic acids is 1. The van der Waals surface area contributed by atoms with Crippen molar-refractivity contribution in [1.82, 2.24) is 19.7 Å². The predicted molar refractivity (Wildman–Crippen MR) is 147 cm³/mol. The fraction of sp³-hybridized carbons (Fsp3) is 0.400. The number of piperidine rings is 1. The number of fused-ring (bicyclic) bond motifs is 3. The van der Waals surface area contributed by atoms with E-state index in [1.807, 2.05) is 40.8 Å². The van der Waals surface area contributed by atoms with Gasteiger partial charge in [0.15, 0.2) is 0 Å². The maximum atomic E-state index is 13.7. The number of aromatic amines is 1. The molecule has 0 radical (unpaired) electrons. The number of hydrogen-bond acceptors (Lipinski definition) is 5. The Bertz CT molecular complexity index is 1610. The average Bonchev–Trinajstić information content (AvgIpc) is 3.40. The zero-order valence-electron chi connectivity index (χ0n) is 22.0. The SMILES string of the molecule is Cc1cc2[nH]c(=O)c3cnn(C4CCOCC4)c3c2cc1C(=O)N1CCC(Cc2ccc(C(=O)O)cc2)CC1. The summed E-state index contributed by atoms with van der Waals surface area (Å²) >= 11 is 0. The lowest BCUT2D eigenvalue weighted by Gasteiger charge is -2.32. The minimum atomic E-state index is -0.919. The van der Waals surface area contributed by atoms with Crippen molar-refractivity contribution in [3.05, 3.63) is 75.2 Å². The molecule has 2 aromatic heterocycles. The standard InChI is InChI=1S/C30H32N4O5/c1-18-14-26-24(27-25(28(35)32-26)17-31-34(27)22-8-12-39-13-9-22)16-23(18)29(36)33-10-6-20(7-11-33)15-19-2-4-21(5-3-19)30(37)38/h2-5,14,16-17,20,22H,6-13,15H2,1H3,(H,32,35)(H,37,38). The zero-order valence-corrected chi connectivity index (χ0v) is 22.0. The van der Waals surface area contributed by atoms with Gasteiger partial charge in [-0.1, -0.05) is 12.1 Å². The summed E-state index contributed by atoms with van der Waals surface area (Å²) in [5.74, 6) is -0.464. The van der Waals surface area contributed by atoms with Gasteiger partial charge in [-0.2, -0.15) is 5.10 Å². The van der Waals surface area contributed by atoms with E-state index in [2.05, 4.69) is 10.1 Å². The monoisotopic (exact) mass is 528 g/mol. The molecular weight excluding hydrogens is 496 g/mol. The van der Waals surface area contributed by atoms with Gasteiger partial charge in [-0.15, -0.1) is 0 Å². The second kappa shape index (κ2) is 10.3. The van der Waals surface area contributed by atoms with Crippen LogP contribution in [0.1, 0.15) is 63.6 Å². The van der Waals surface area contributed by atoms with Crippen LogP contribution in [0.4, 0.5) is 0 Å². The number of rotatable bonds is 5. The fourth-order valence-corrected chi connectivity index (χ4v) is 6.06. The van der Waals surface area contributed by atoms with E-state index < -0.39 is 5.97 Å². The Morgan fingerprint density at radius 3 is 2.46 bits per heavy atom. The molecule has 39 heavy (non-hydrogen) atoms. The second-order valence-electron chi connectivity index (χ2n) is 10.8. The number of aromatic carboxylic acids is 1. The van der Waals surface area contributed by atoms with E-state index in [0.29, 0.717) is 54.3 Å². The average molecular weight is 529 g/mol. The molecule has 9 nitrogen and oxygen atoms in total. The van der Waals surface area contributed by atoms with Gasteiger partial charge in [0.1, 0.15) is 0 Å². The highest BCUT2D eigenvalue weighted by atomic mass is 16.5. The van der Waals surface area contributed by atoms with Crippen LogP contribution in [-0.2, 0) is 11.2 Å². The lowest BCUT2D eigenvalue weighted by Crippen LogP contribution is -2.39. The van der Waals surface area contributed by atoms with Gasteiger partial charge in [-0.3, -0.25) is 14.3 Å². The van der Waals surface area contributed by atoms with Crippen LogP contribution in [0.2, 0.25) is 0 Å². The third kappa shape index (κ3) is 4.83. The first-order valence-electron chi connectivity index (χ1n) is 13.6. The molecule has 4 aromatic rings. The van der Waals surface area contributed by atoms with Crippen LogP contribution in [-0.4, -0.2) is 63.0 Å². The van der Waals surface area contributed by atoms with Crippen molar-refractivity contribution in [2.75, 3.05) is 26.3 Å². The predicted octanol–water partition coefficient (Wildman–Crippen LogP) is 4.33. The Morgan fingerprint density at radius 1 is 1.05 bits per heavy atom. The first-order valence-corrected chi connectivity index (χ1v) is 13.6. The third-order valence-electron chi connectivity index (χ3n) is 8.30. The van der Waals surface area contributed by atoms with E-state index in [-0.39, 0.29) is 17.5 Å². The molecule has 2 N–H and O–H groups in total. The minimum absolute atomic E-state index is 0.00939. The van der Waals surface area contributed by atoms with E-state index in [0.717, 1.165) is 54.1 Å². The Morgan fingerprint density at radius 2 is 1.77 bits per heavy atom. The molecule has 2 aromatic carbocycles. The van der Waals surface area contributed by atoms with Crippen LogP contribution in [0.15, 0.2) is 47.4 Å². The van der Waals surface area contributed by atoms with Crippen LogP contribution in [0.3, 0.4) is 0 Å². The number of nitrogens with zero attached hydrogens (tertiary/aromatic N) is 3. The molecule has 2 aliphatic rings. The fourth-order valence-electron chi connectivity index (χ4n) is 6.06. The van der Waals surface area contributed by atoms with Crippen LogP contribution in [0.5, 0.6) is 0 Å². The maximum Gasteiger partial charge on any atom is 0.335 e. The Kier molecular flexibility index (Phi) is 6.68. The van der Waals surface area contributed by atoms with E-state index in [4.69, 9.17) is 9.84 Å². The molecule has 0 saturated carbocycles. The van der Waals surface area contributed by atoms with Gasteiger partial charge in [-0.05, 0) is 80.3 Å². The van der Waals surface area contributed by atoms with Crippen molar-refractivity contribution in [2.45, 2.75) is 45.1 Å². The number of nitrogens with one attached hydrogen (secondary N) is 1. The first-order chi connectivity index (χ1) is 18.9. The molecule has 9 heteroatoms. The van der Waals surface area contributed by atoms with E-state index in [1.165, 1.54) is 0 Å². The van der Waals surface area contributed by atoms with Crippen LogP contribution >= 0.6 is 0 Å². The minimum Gasteiger partial charge on any atom is -0.478 e. The van der Waals surface area contributed by atoms with Gasteiger partial charge in [-0.25, -0.2) is 4.79 Å². The van der Waals surface area contributed by atoms with Gasteiger partial charge < -0.3 is 19.7 Å². The van der Waals surface area contributed by atoms with Crippen LogP contribution in [0, 0.1) is 12.8 Å². The zero-order chi connectivity index (χ0) is 27.1. The summed E-state index contributed by atoms with van der Waals surface area (Å²) < 4.78 is 7.48. The number of carboxylic acids is 1. The Hall–Kier alpha value is -3.98. The number of carboxylic acid groups (broad SMARTS) is 1. The molecule has 2 fully saturated rings. The molecule has 2 saturated heterocycles. The highest BCUT2D eigenvalue weighted by molar-refractivity contribution is 6.07. The Balaban J connectivity index is 1.24. The molecule has 4 heterocycles. The van der Waals surface area contributed by atoms with Crippen molar-refractivity contribution < 1.29 is 19.4 Å². The van der Waals surface area contributed by atoms with Gasteiger partial charge in [0.05, 0.1) is 34.2 Å². The number of carbonyl (C=O) groups is 2. The molecule has 0 bridgehead atoms. The molecule has 1 amide bonds. The molecule has 0 unspecified atom stereocenters. The summed E-state index contributed by atoms with van der Waals surface area (Å²) in [6.45, 7) is 4.60. The summed E-state index contributed by atoms with van der Waals surface area (Å²) in [5.41, 5.74) is 4.22. The van der Waals surface area contributed by atoms with E-state index in [9.17, 15) is 14.4 Å². The van der Waals surface area contributed by atoms with Crippen LogP contribution in [0.25, 0.3) is 21.8 Å². The smallest absolute Gasteiger partial charge is 0.335 e. The van der Waals surface area contributed by atoms with Crippen LogP contribution < -0.4 is 5.56 Å². The molecular formula is C30H32N4O5. The van der Waals surface area contributed by atoms with Crippen molar-refractivity contribution in [3.8, 4) is 0 Å². The van der Waals surface area contributed by atoms with Gasteiger partial charge in [0.25, 0.3) is 11.5 Å². The number of aromatic nitrogens is 3. The van der Waals surface area contributed by atoms with Crippen molar-refractivity contribution in [2.24, 2.45) is 5.92 Å². The highest BCUT2D eigenvalue weighted by Gasteiger charge is 2.26. The van der Waals surface area contributed by atoms with E-state index >= 15 is 0 Å². The molecule has 2 aliphatic heterocycles. The summed E-state index contributed by atoms with van der Waals surface area (Å²) in [5, 5.41) is 15.1. The first kappa shape index (κ1) is 25.3. The quantitative estimate of drug-likeness (QED) is 0.398. The summed E-state index contributed by atoms with van der Waals surface area (Å²) in [6.07, 6.45) is 5.96. The largest absolute Gasteiger partial charge is 0.478 e. The van der Waals surface area contributed by atoms with Crippen molar-refractivity contribution in [3.63, 3.8) is 0 Å². The summed E-state index contributed by atoms with van der Waals surface area (Å²) in [6, 6.07) is 11.1. The number of pyridine rings is 1. The summed E-state index contributed by atoms with van der Waals surface area (Å²) in [4.78, 5) is 42.6. The topological polar surface area (TPSA) is 118 Å². The van der Waals surface area contributed by atoms with Gasteiger partial charge >= 0.3 is 5.97 Å². The lowest BCUT2D eigenvalue weighted by atomic mass is 9.89. The number of hydrogen-bond donors (Lipinski definition) is 2. The number of aryl methyl sites for hydroxylation is 1. The third-order valence-corrected chi connectivity index (χ3v) is 8.30. The number of ether oxygens (including phenoxy) is 1. The van der Waals surface area contributed by atoms with Crippen molar-refractivity contribution >= 4 is 33.7 Å². The molecule has 0 spiro atoms. The number of benzene rings is 2.